The van der Waals surface area contributed by atoms with Crippen LogP contribution in [0.2, 0.25) is 0 Å². The van der Waals surface area contributed by atoms with Gasteiger partial charge in [0, 0.05) is 25.1 Å². The Morgan fingerprint density at radius 1 is 1.38 bits per heavy atom. The molecule has 0 aliphatic carbocycles. The first-order chi connectivity index (χ1) is 11.6. The minimum atomic E-state index is -0.924. The summed E-state index contributed by atoms with van der Waals surface area (Å²) in [6, 6.07) is 5.56. The van der Waals surface area contributed by atoms with Crippen LogP contribution in [0.15, 0.2) is 18.2 Å². The molecular weight excluding hydrogens is 310 g/mol. The molecule has 6 nitrogen and oxygen atoms in total. The Balaban J connectivity index is 2.11. The van der Waals surface area contributed by atoms with Crippen LogP contribution in [0.1, 0.15) is 38.2 Å². The fraction of sp³-hybridized carbons (Fsp3) is 0.556. The number of para-hydroxylation sites is 1. The molecule has 0 aromatic heterocycles. The molecule has 1 heterocycles. The number of aliphatic carboxylic acids is 1. The van der Waals surface area contributed by atoms with E-state index in [4.69, 9.17) is 14.6 Å². The second-order valence-corrected chi connectivity index (χ2v) is 6.02. The third-order valence-corrected chi connectivity index (χ3v) is 4.20. The van der Waals surface area contributed by atoms with Crippen molar-refractivity contribution in [2.24, 2.45) is 5.92 Å². The molecule has 1 aromatic rings. The molecule has 1 atom stereocenters. The number of likely N-dealkylation sites (tertiary alicyclic amines) is 1. The number of amides is 1. The Morgan fingerprint density at radius 2 is 2.17 bits per heavy atom. The van der Waals surface area contributed by atoms with Gasteiger partial charge >= 0.3 is 5.97 Å². The fourth-order valence-electron chi connectivity index (χ4n) is 2.83. The summed E-state index contributed by atoms with van der Waals surface area (Å²) in [7, 11) is 1.58. The average molecular weight is 335 g/mol. The summed E-state index contributed by atoms with van der Waals surface area (Å²) in [4.78, 5) is 24.7. The maximum atomic E-state index is 12.0. The van der Waals surface area contributed by atoms with E-state index in [0.29, 0.717) is 24.7 Å². The SMILES string of the molecule is CCCCCOc1c(CN2CC(C(=O)O)CC2=O)cccc1OC. The lowest BCUT2D eigenvalue weighted by Gasteiger charge is -2.20. The number of hydrogen-bond donors (Lipinski definition) is 1. The number of benzene rings is 1. The molecule has 0 saturated carbocycles. The molecule has 1 aliphatic rings. The van der Waals surface area contributed by atoms with E-state index in [2.05, 4.69) is 6.92 Å². The number of nitrogens with zero attached hydrogens (tertiary/aromatic N) is 1. The molecule has 1 aliphatic heterocycles. The number of hydrogen-bond acceptors (Lipinski definition) is 4. The maximum absolute atomic E-state index is 12.0. The van der Waals surface area contributed by atoms with Gasteiger partial charge in [0.25, 0.3) is 0 Å². The number of rotatable bonds is 9. The van der Waals surface area contributed by atoms with Crippen LogP contribution in [0.4, 0.5) is 0 Å². The number of ether oxygens (including phenoxy) is 2. The summed E-state index contributed by atoms with van der Waals surface area (Å²) in [6.07, 6.45) is 3.22. The van der Waals surface area contributed by atoms with Gasteiger partial charge < -0.3 is 19.5 Å². The third-order valence-electron chi connectivity index (χ3n) is 4.20. The van der Waals surface area contributed by atoms with E-state index in [1.54, 1.807) is 12.0 Å². The minimum absolute atomic E-state index is 0.0615. The van der Waals surface area contributed by atoms with Gasteiger partial charge in [0.2, 0.25) is 5.91 Å². The molecule has 1 N–H and O–H groups in total. The predicted octanol–water partition coefficient (Wildman–Crippen LogP) is 2.70. The second kappa shape index (κ2) is 8.57. The van der Waals surface area contributed by atoms with Crippen LogP contribution in [0.25, 0.3) is 0 Å². The minimum Gasteiger partial charge on any atom is -0.493 e. The quantitative estimate of drug-likeness (QED) is 0.702. The van der Waals surface area contributed by atoms with E-state index in [1.165, 1.54) is 0 Å². The molecule has 1 aromatic carbocycles. The van der Waals surface area contributed by atoms with E-state index >= 15 is 0 Å². The maximum Gasteiger partial charge on any atom is 0.308 e. The fourth-order valence-corrected chi connectivity index (χ4v) is 2.83. The van der Waals surface area contributed by atoms with Crippen molar-refractivity contribution in [1.82, 2.24) is 4.90 Å². The summed E-state index contributed by atoms with van der Waals surface area (Å²) < 4.78 is 11.3. The van der Waals surface area contributed by atoms with Crippen molar-refractivity contribution in [3.63, 3.8) is 0 Å². The van der Waals surface area contributed by atoms with E-state index in [9.17, 15) is 9.59 Å². The molecule has 0 spiro atoms. The summed E-state index contributed by atoms with van der Waals surface area (Å²) in [5.74, 6) is -0.417. The monoisotopic (exact) mass is 335 g/mol. The van der Waals surface area contributed by atoms with Crippen LogP contribution in [-0.4, -0.2) is 42.1 Å². The lowest BCUT2D eigenvalue weighted by molar-refractivity contribution is -0.141. The molecule has 0 bridgehead atoms. The second-order valence-electron chi connectivity index (χ2n) is 6.02. The normalized spacial score (nSPS) is 17.2. The van der Waals surface area contributed by atoms with Gasteiger partial charge in [0.1, 0.15) is 0 Å². The molecular formula is C18H25NO5. The van der Waals surface area contributed by atoms with Crippen LogP contribution in [0.5, 0.6) is 11.5 Å². The number of carboxylic acid groups (broad SMARTS) is 1. The standard InChI is InChI=1S/C18H25NO5/c1-3-4-5-9-24-17-13(7-6-8-15(17)23-2)11-19-12-14(18(21)22)10-16(19)20/h6-8,14H,3-5,9-12H2,1-2H3,(H,21,22). The molecule has 1 saturated heterocycles. The van der Waals surface area contributed by atoms with E-state index in [-0.39, 0.29) is 18.9 Å². The number of methoxy groups -OCH3 is 1. The van der Waals surface area contributed by atoms with E-state index < -0.39 is 11.9 Å². The van der Waals surface area contributed by atoms with Crippen molar-refractivity contribution in [3.8, 4) is 11.5 Å². The molecule has 0 radical (unpaired) electrons. The molecule has 1 unspecified atom stereocenters. The van der Waals surface area contributed by atoms with Crippen LogP contribution in [-0.2, 0) is 16.1 Å². The summed E-state index contributed by atoms with van der Waals surface area (Å²) >= 11 is 0. The largest absolute Gasteiger partial charge is 0.493 e. The van der Waals surface area contributed by atoms with Gasteiger partial charge in [-0.2, -0.15) is 0 Å². The van der Waals surface area contributed by atoms with E-state index in [1.807, 2.05) is 18.2 Å². The van der Waals surface area contributed by atoms with Crippen molar-refractivity contribution in [2.45, 2.75) is 39.2 Å². The summed E-state index contributed by atoms with van der Waals surface area (Å²) in [5, 5.41) is 9.09. The van der Waals surface area contributed by atoms with Crippen molar-refractivity contribution in [2.75, 3.05) is 20.3 Å². The average Bonchev–Trinajstić information content (AvgIpc) is 2.93. The highest BCUT2D eigenvalue weighted by Gasteiger charge is 2.34. The zero-order valence-corrected chi connectivity index (χ0v) is 14.3. The lowest BCUT2D eigenvalue weighted by atomic mass is 10.1. The van der Waals surface area contributed by atoms with Gasteiger partial charge in [0.05, 0.1) is 19.6 Å². The van der Waals surface area contributed by atoms with Crippen molar-refractivity contribution < 1.29 is 24.2 Å². The van der Waals surface area contributed by atoms with Gasteiger partial charge in [-0.15, -0.1) is 0 Å². The molecule has 2 rings (SSSR count). The zero-order valence-electron chi connectivity index (χ0n) is 14.3. The molecule has 24 heavy (non-hydrogen) atoms. The van der Waals surface area contributed by atoms with Crippen molar-refractivity contribution in [3.05, 3.63) is 23.8 Å². The van der Waals surface area contributed by atoms with Gasteiger partial charge in [-0.3, -0.25) is 9.59 Å². The zero-order chi connectivity index (χ0) is 17.5. The van der Waals surface area contributed by atoms with Crippen molar-refractivity contribution >= 4 is 11.9 Å². The number of carbonyl (C=O) groups excluding carboxylic acids is 1. The Hall–Kier alpha value is -2.24. The Bertz CT molecular complexity index is 587. The highest BCUT2D eigenvalue weighted by Crippen LogP contribution is 2.33. The van der Waals surface area contributed by atoms with Crippen LogP contribution in [0.3, 0.4) is 0 Å². The number of carbonyl (C=O) groups is 2. The Labute approximate surface area is 142 Å². The highest BCUT2D eigenvalue weighted by molar-refractivity contribution is 5.86. The number of unbranched alkanes of at least 4 members (excludes halogenated alkanes) is 2. The first-order valence-corrected chi connectivity index (χ1v) is 8.36. The van der Waals surface area contributed by atoms with Crippen LogP contribution >= 0.6 is 0 Å². The smallest absolute Gasteiger partial charge is 0.308 e. The van der Waals surface area contributed by atoms with Gasteiger partial charge in [-0.05, 0) is 12.5 Å². The first-order valence-electron chi connectivity index (χ1n) is 8.36. The Morgan fingerprint density at radius 3 is 2.79 bits per heavy atom. The van der Waals surface area contributed by atoms with Gasteiger partial charge in [-0.1, -0.05) is 31.9 Å². The van der Waals surface area contributed by atoms with Gasteiger partial charge in [-0.25, -0.2) is 0 Å². The molecule has 132 valence electrons. The molecule has 6 heteroatoms. The topological polar surface area (TPSA) is 76.1 Å². The summed E-state index contributed by atoms with van der Waals surface area (Å²) in [5.41, 5.74) is 0.838. The van der Waals surface area contributed by atoms with Gasteiger partial charge in [0.15, 0.2) is 11.5 Å². The molecule has 1 amide bonds. The van der Waals surface area contributed by atoms with Crippen LogP contribution < -0.4 is 9.47 Å². The summed E-state index contributed by atoms with van der Waals surface area (Å²) in [6.45, 7) is 3.29. The molecule has 1 fully saturated rings. The highest BCUT2D eigenvalue weighted by atomic mass is 16.5. The van der Waals surface area contributed by atoms with Crippen molar-refractivity contribution in [1.29, 1.82) is 0 Å². The van der Waals surface area contributed by atoms with E-state index in [0.717, 1.165) is 24.8 Å². The van der Waals surface area contributed by atoms with Crippen LogP contribution in [0, 0.1) is 5.92 Å². The number of carboxylic acids is 1. The predicted molar refractivity (Wildman–Crippen MR) is 89.2 cm³/mol. The first kappa shape index (κ1) is 18.1. The lowest BCUT2D eigenvalue weighted by Crippen LogP contribution is -2.26. The Kier molecular flexibility index (Phi) is 6.46. The third kappa shape index (κ3) is 4.40.